The Morgan fingerprint density at radius 2 is 1.86 bits per heavy atom. The van der Waals surface area contributed by atoms with Crippen LogP contribution in [-0.2, 0) is 0 Å². The zero-order valence-corrected chi connectivity index (χ0v) is 12.2. The van der Waals surface area contributed by atoms with Gasteiger partial charge in [0.05, 0.1) is 18.9 Å². The number of rotatable bonds is 2. The van der Waals surface area contributed by atoms with Gasteiger partial charge in [0.25, 0.3) is 5.91 Å². The van der Waals surface area contributed by atoms with Gasteiger partial charge in [0.15, 0.2) is 11.5 Å². The number of benzene rings is 2. The van der Waals surface area contributed by atoms with Gasteiger partial charge in [0.2, 0.25) is 0 Å². The summed E-state index contributed by atoms with van der Waals surface area (Å²) in [5.74, 6) is 0.311. The van der Waals surface area contributed by atoms with E-state index in [2.05, 4.69) is 5.32 Å². The Hall–Kier alpha value is -2.56. The van der Waals surface area contributed by atoms with Crippen molar-refractivity contribution in [1.29, 1.82) is 0 Å². The number of carbonyl (C=O) groups excluding carboxylic acids is 1. The number of hydrogen-bond acceptors (Lipinski definition) is 3. The highest BCUT2D eigenvalue weighted by Crippen LogP contribution is 2.30. The molecule has 2 aromatic carbocycles. The molecule has 114 valence electrons. The summed E-state index contributed by atoms with van der Waals surface area (Å²) in [5, 5.41) is 2.57. The molecular weight excluding hydrogens is 285 g/mol. The predicted octanol–water partition coefficient (Wildman–Crippen LogP) is 3.55. The minimum Gasteiger partial charge on any atom is -0.490 e. The smallest absolute Gasteiger partial charge is 0.255 e. The molecule has 0 fully saturated rings. The van der Waals surface area contributed by atoms with Gasteiger partial charge in [0.1, 0.15) is 5.82 Å². The van der Waals surface area contributed by atoms with E-state index in [1.165, 1.54) is 6.07 Å². The zero-order chi connectivity index (χ0) is 15.5. The molecule has 5 heteroatoms. The number of amides is 1. The van der Waals surface area contributed by atoms with Crippen LogP contribution in [0.1, 0.15) is 22.3 Å². The van der Waals surface area contributed by atoms with E-state index >= 15 is 0 Å². The van der Waals surface area contributed by atoms with E-state index in [0.29, 0.717) is 30.3 Å². The first-order valence-electron chi connectivity index (χ1n) is 7.10. The Kier molecular flexibility index (Phi) is 3.96. The molecule has 3 rings (SSSR count). The Morgan fingerprint density at radius 3 is 2.64 bits per heavy atom. The average molecular weight is 301 g/mol. The number of halogens is 1. The summed E-state index contributed by atoms with van der Waals surface area (Å²) in [4.78, 5) is 12.2. The molecule has 0 saturated heterocycles. The minimum absolute atomic E-state index is 0.155. The summed E-state index contributed by atoms with van der Waals surface area (Å²) < 4.78 is 24.9. The molecule has 4 nitrogen and oxygen atoms in total. The third kappa shape index (κ3) is 3.03. The van der Waals surface area contributed by atoms with E-state index in [4.69, 9.17) is 9.47 Å². The minimum atomic E-state index is -0.456. The van der Waals surface area contributed by atoms with E-state index in [0.717, 1.165) is 12.0 Å². The van der Waals surface area contributed by atoms with Crippen molar-refractivity contribution in [2.45, 2.75) is 13.3 Å². The van der Waals surface area contributed by atoms with Crippen LogP contribution in [0.25, 0.3) is 0 Å². The maximum atomic E-state index is 13.8. The van der Waals surface area contributed by atoms with Crippen molar-refractivity contribution in [3.8, 4) is 11.5 Å². The number of nitrogens with one attached hydrogen (secondary N) is 1. The van der Waals surface area contributed by atoms with Crippen LogP contribution in [0.3, 0.4) is 0 Å². The maximum absolute atomic E-state index is 13.8. The number of carbonyl (C=O) groups is 1. The van der Waals surface area contributed by atoms with Crippen LogP contribution >= 0.6 is 0 Å². The highest BCUT2D eigenvalue weighted by molar-refractivity contribution is 6.04. The third-order valence-electron chi connectivity index (χ3n) is 3.38. The lowest BCUT2D eigenvalue weighted by molar-refractivity contribution is 0.102. The first-order valence-corrected chi connectivity index (χ1v) is 7.10. The molecule has 0 bridgehead atoms. The van der Waals surface area contributed by atoms with E-state index in [1.54, 1.807) is 37.3 Å². The molecule has 0 atom stereocenters. The molecule has 22 heavy (non-hydrogen) atoms. The predicted molar refractivity (Wildman–Crippen MR) is 81.1 cm³/mol. The Labute approximate surface area is 127 Å². The van der Waals surface area contributed by atoms with Crippen LogP contribution in [0.4, 0.5) is 10.1 Å². The Bertz CT molecular complexity index is 715. The Balaban J connectivity index is 1.81. The first-order chi connectivity index (χ1) is 10.6. The van der Waals surface area contributed by atoms with Gasteiger partial charge in [-0.3, -0.25) is 4.79 Å². The van der Waals surface area contributed by atoms with E-state index < -0.39 is 11.7 Å². The number of ether oxygens (including phenoxy) is 2. The van der Waals surface area contributed by atoms with E-state index in [-0.39, 0.29) is 5.69 Å². The van der Waals surface area contributed by atoms with E-state index in [9.17, 15) is 9.18 Å². The SMILES string of the molecule is Cc1ccc(NC(=O)c2ccc3c(c2)OCCCO3)c(F)c1. The van der Waals surface area contributed by atoms with Crippen molar-refractivity contribution in [2.75, 3.05) is 18.5 Å². The second-order valence-corrected chi connectivity index (χ2v) is 5.15. The molecule has 1 amide bonds. The molecule has 2 aromatic rings. The lowest BCUT2D eigenvalue weighted by Gasteiger charge is -2.10. The van der Waals surface area contributed by atoms with Crippen LogP contribution < -0.4 is 14.8 Å². The van der Waals surface area contributed by atoms with Crippen LogP contribution in [0.2, 0.25) is 0 Å². The fourth-order valence-corrected chi connectivity index (χ4v) is 2.22. The van der Waals surface area contributed by atoms with Crippen molar-refractivity contribution >= 4 is 11.6 Å². The monoisotopic (exact) mass is 301 g/mol. The van der Waals surface area contributed by atoms with Gasteiger partial charge in [-0.05, 0) is 42.8 Å². The molecule has 1 aliphatic heterocycles. The second-order valence-electron chi connectivity index (χ2n) is 5.15. The van der Waals surface area contributed by atoms with Crippen LogP contribution in [-0.4, -0.2) is 19.1 Å². The number of fused-ring (bicyclic) bond motifs is 1. The molecular formula is C17H16FNO3. The maximum Gasteiger partial charge on any atom is 0.255 e. The molecule has 0 spiro atoms. The fraction of sp³-hybridized carbons (Fsp3) is 0.235. The zero-order valence-electron chi connectivity index (χ0n) is 12.2. The molecule has 0 radical (unpaired) electrons. The molecule has 1 heterocycles. The Morgan fingerprint density at radius 1 is 1.09 bits per heavy atom. The topological polar surface area (TPSA) is 47.6 Å². The van der Waals surface area contributed by atoms with Crippen molar-refractivity contribution in [2.24, 2.45) is 0 Å². The molecule has 0 aliphatic carbocycles. The van der Waals surface area contributed by atoms with Crippen molar-refractivity contribution in [3.63, 3.8) is 0 Å². The lowest BCUT2D eigenvalue weighted by Crippen LogP contribution is -2.13. The van der Waals surface area contributed by atoms with Gasteiger partial charge >= 0.3 is 0 Å². The third-order valence-corrected chi connectivity index (χ3v) is 3.38. The summed E-state index contributed by atoms with van der Waals surface area (Å²) in [5.41, 5.74) is 1.35. The molecule has 0 unspecified atom stereocenters. The number of hydrogen-bond donors (Lipinski definition) is 1. The van der Waals surface area contributed by atoms with Crippen molar-refractivity contribution < 1.29 is 18.7 Å². The summed E-state index contributed by atoms with van der Waals surface area (Å²) >= 11 is 0. The molecule has 1 N–H and O–H groups in total. The van der Waals surface area contributed by atoms with Gasteiger partial charge in [-0.15, -0.1) is 0 Å². The normalized spacial score (nSPS) is 13.4. The fourth-order valence-electron chi connectivity index (χ4n) is 2.22. The number of aryl methyl sites for hydroxylation is 1. The van der Waals surface area contributed by atoms with Gasteiger partial charge in [-0.25, -0.2) is 4.39 Å². The van der Waals surface area contributed by atoms with Crippen LogP contribution in [0.15, 0.2) is 36.4 Å². The molecule has 0 saturated carbocycles. The van der Waals surface area contributed by atoms with Gasteiger partial charge in [0, 0.05) is 12.0 Å². The second kappa shape index (κ2) is 6.05. The standard InChI is InChI=1S/C17H16FNO3/c1-11-3-5-14(13(18)9-11)19-17(20)12-4-6-15-16(10-12)22-8-2-7-21-15/h3-6,9-10H,2,7-8H2,1H3,(H,19,20). The quantitative estimate of drug-likeness (QED) is 0.923. The summed E-state index contributed by atoms with van der Waals surface area (Å²) in [6.07, 6.45) is 0.796. The summed E-state index contributed by atoms with van der Waals surface area (Å²) in [6, 6.07) is 9.61. The molecule has 0 aromatic heterocycles. The average Bonchev–Trinajstić information content (AvgIpc) is 2.74. The van der Waals surface area contributed by atoms with Crippen molar-refractivity contribution in [1.82, 2.24) is 0 Å². The van der Waals surface area contributed by atoms with Gasteiger partial charge < -0.3 is 14.8 Å². The summed E-state index contributed by atoms with van der Waals surface area (Å²) in [6.45, 7) is 2.93. The van der Waals surface area contributed by atoms with Crippen LogP contribution in [0, 0.1) is 12.7 Å². The first kappa shape index (κ1) is 14.4. The van der Waals surface area contributed by atoms with E-state index in [1.807, 2.05) is 0 Å². The molecule has 1 aliphatic rings. The highest BCUT2D eigenvalue weighted by Gasteiger charge is 2.15. The number of anilines is 1. The van der Waals surface area contributed by atoms with Crippen LogP contribution in [0.5, 0.6) is 11.5 Å². The lowest BCUT2D eigenvalue weighted by atomic mass is 10.1. The van der Waals surface area contributed by atoms with Gasteiger partial charge in [-0.2, -0.15) is 0 Å². The highest BCUT2D eigenvalue weighted by atomic mass is 19.1. The van der Waals surface area contributed by atoms with Gasteiger partial charge in [-0.1, -0.05) is 6.07 Å². The van der Waals surface area contributed by atoms with Crippen molar-refractivity contribution in [3.05, 3.63) is 53.3 Å². The summed E-state index contributed by atoms with van der Waals surface area (Å²) in [7, 11) is 0. The largest absolute Gasteiger partial charge is 0.490 e.